The Morgan fingerprint density at radius 3 is 2.37 bits per heavy atom. The van der Waals surface area contributed by atoms with Gasteiger partial charge in [-0.15, -0.1) is 0 Å². The molecule has 0 unspecified atom stereocenters. The molecule has 0 atom stereocenters. The van der Waals surface area contributed by atoms with E-state index in [2.05, 4.69) is 15.6 Å². The number of nitrogens with zero attached hydrogens (tertiary/aromatic N) is 1. The van der Waals surface area contributed by atoms with Crippen molar-refractivity contribution in [2.75, 3.05) is 29.1 Å². The molecule has 2 amide bonds. The Labute approximate surface area is 227 Å². The molecule has 8 nitrogen and oxygen atoms in total. The van der Waals surface area contributed by atoms with E-state index >= 15 is 0 Å². The van der Waals surface area contributed by atoms with Crippen molar-refractivity contribution in [3.05, 3.63) is 75.5 Å². The minimum absolute atomic E-state index is 0.000947. The van der Waals surface area contributed by atoms with Gasteiger partial charge in [-0.25, -0.2) is 22.2 Å². The van der Waals surface area contributed by atoms with Gasteiger partial charge < -0.3 is 16.4 Å². The first kappa shape index (κ1) is 27.7. The van der Waals surface area contributed by atoms with Crippen molar-refractivity contribution in [1.82, 2.24) is 10.3 Å². The molecule has 0 radical (unpaired) electrons. The van der Waals surface area contributed by atoms with E-state index in [4.69, 9.17) is 28.9 Å². The summed E-state index contributed by atoms with van der Waals surface area (Å²) >= 11 is 12.4. The van der Waals surface area contributed by atoms with E-state index in [1.54, 1.807) is 0 Å². The van der Waals surface area contributed by atoms with Crippen LogP contribution in [0.1, 0.15) is 33.7 Å². The Bertz CT molecular complexity index is 1520. The quantitative estimate of drug-likeness (QED) is 0.360. The number of halogens is 4. The first-order valence-electron chi connectivity index (χ1n) is 11.4. The van der Waals surface area contributed by atoms with Crippen molar-refractivity contribution in [3.63, 3.8) is 0 Å². The lowest BCUT2D eigenvalue weighted by Gasteiger charge is -2.22. The molecule has 4 rings (SSSR count). The lowest BCUT2D eigenvalue weighted by Crippen LogP contribution is -2.34. The van der Waals surface area contributed by atoms with E-state index in [0.717, 1.165) is 18.2 Å². The average Bonchev–Trinajstić information content (AvgIpc) is 2.84. The molecule has 4 N–H and O–H groups in total. The van der Waals surface area contributed by atoms with Crippen molar-refractivity contribution in [2.24, 2.45) is 5.92 Å². The van der Waals surface area contributed by atoms with E-state index in [-0.39, 0.29) is 67.8 Å². The summed E-state index contributed by atoms with van der Waals surface area (Å²) < 4.78 is 51.3. The number of pyridine rings is 1. The molecule has 2 heterocycles. The second-order valence-corrected chi connectivity index (χ2v) is 12.0. The Morgan fingerprint density at radius 1 is 1.00 bits per heavy atom. The number of nitrogens with one attached hydrogen (secondary N) is 2. The predicted octanol–water partition coefficient (Wildman–Crippen LogP) is 4.72. The van der Waals surface area contributed by atoms with Crippen LogP contribution >= 0.6 is 23.2 Å². The third-order valence-electron chi connectivity index (χ3n) is 6.14. The van der Waals surface area contributed by atoms with Gasteiger partial charge in [0, 0.05) is 23.4 Å². The normalized spacial score (nSPS) is 15.2. The topological polar surface area (TPSA) is 131 Å². The van der Waals surface area contributed by atoms with Gasteiger partial charge in [-0.3, -0.25) is 9.59 Å². The SMILES string of the molecule is Nc1cc(F)ccc1-c1cc(Cl)c(C(=O)Nc2cnc(C(=O)NCC3CCS(=O)(=O)CC3)c(Cl)c2)cc1F. The third kappa shape index (κ3) is 6.40. The third-order valence-corrected chi connectivity index (χ3v) is 8.46. The van der Waals surface area contributed by atoms with Gasteiger partial charge in [-0.2, -0.15) is 0 Å². The minimum atomic E-state index is -3.00. The largest absolute Gasteiger partial charge is 0.398 e. The summed E-state index contributed by atoms with van der Waals surface area (Å²) in [5.41, 5.74) is 5.90. The molecule has 0 saturated carbocycles. The molecule has 2 aromatic carbocycles. The number of nitrogen functional groups attached to an aromatic ring is 1. The highest BCUT2D eigenvalue weighted by Crippen LogP contribution is 2.33. The molecule has 0 aliphatic carbocycles. The van der Waals surface area contributed by atoms with Crippen LogP contribution in [-0.2, 0) is 9.84 Å². The van der Waals surface area contributed by atoms with Crippen LogP contribution in [0.2, 0.25) is 10.0 Å². The van der Waals surface area contributed by atoms with Gasteiger partial charge in [0.05, 0.1) is 39.0 Å². The molecular weight excluding hydrogens is 561 g/mol. The van der Waals surface area contributed by atoms with Crippen molar-refractivity contribution in [2.45, 2.75) is 12.8 Å². The molecule has 1 aliphatic heterocycles. The molecule has 0 spiro atoms. The van der Waals surface area contributed by atoms with E-state index in [0.29, 0.717) is 12.8 Å². The molecule has 1 aromatic heterocycles. The van der Waals surface area contributed by atoms with Crippen LogP contribution < -0.4 is 16.4 Å². The Kier molecular flexibility index (Phi) is 8.19. The van der Waals surface area contributed by atoms with Crippen LogP contribution in [0.15, 0.2) is 42.6 Å². The average molecular weight is 583 g/mol. The number of aromatic nitrogens is 1. The standard InChI is InChI=1S/C25H22Cl2F2N4O4S/c26-19-9-17(16-2-1-14(28)7-22(16)30)21(29)10-18(19)24(34)33-15-8-20(27)23(31-12-15)25(35)32-11-13-3-5-38(36,37)6-4-13/h1-2,7-10,12-13H,3-6,11,30H2,(H,32,35)(H,33,34). The van der Waals surface area contributed by atoms with E-state index in [9.17, 15) is 26.8 Å². The van der Waals surface area contributed by atoms with Gasteiger partial charge in [-0.1, -0.05) is 23.2 Å². The fraction of sp³-hybridized carbons (Fsp3) is 0.240. The van der Waals surface area contributed by atoms with E-state index in [1.807, 2.05) is 0 Å². The van der Waals surface area contributed by atoms with Gasteiger partial charge in [-0.05, 0) is 55.2 Å². The summed E-state index contributed by atoms with van der Waals surface area (Å²) in [7, 11) is -3.00. The van der Waals surface area contributed by atoms with Gasteiger partial charge in [0.25, 0.3) is 11.8 Å². The molecular formula is C25H22Cl2F2N4O4S. The van der Waals surface area contributed by atoms with Crippen molar-refractivity contribution in [1.29, 1.82) is 0 Å². The molecule has 3 aromatic rings. The number of hydrogen-bond donors (Lipinski definition) is 3. The summed E-state index contributed by atoms with van der Waals surface area (Å²) in [6.45, 7) is 0.286. The van der Waals surface area contributed by atoms with Gasteiger partial charge in [0.2, 0.25) is 0 Å². The van der Waals surface area contributed by atoms with Crippen molar-refractivity contribution in [3.8, 4) is 11.1 Å². The second kappa shape index (κ2) is 11.2. The molecule has 1 aliphatic rings. The molecule has 1 saturated heterocycles. The van der Waals surface area contributed by atoms with Gasteiger partial charge in [0.1, 0.15) is 27.2 Å². The second-order valence-electron chi connectivity index (χ2n) is 8.86. The smallest absolute Gasteiger partial charge is 0.271 e. The maximum atomic E-state index is 14.9. The lowest BCUT2D eigenvalue weighted by molar-refractivity contribution is 0.0941. The number of amides is 2. The van der Waals surface area contributed by atoms with E-state index < -0.39 is 33.3 Å². The highest BCUT2D eigenvalue weighted by molar-refractivity contribution is 7.91. The van der Waals surface area contributed by atoms with Crippen LogP contribution in [0.3, 0.4) is 0 Å². The maximum Gasteiger partial charge on any atom is 0.271 e. The monoisotopic (exact) mass is 582 g/mol. The highest BCUT2D eigenvalue weighted by atomic mass is 35.5. The molecule has 200 valence electrons. The number of hydrogen-bond acceptors (Lipinski definition) is 6. The Morgan fingerprint density at radius 2 is 1.71 bits per heavy atom. The van der Waals surface area contributed by atoms with Gasteiger partial charge in [0.15, 0.2) is 0 Å². The molecule has 0 bridgehead atoms. The Hall–Kier alpha value is -3.28. The fourth-order valence-corrected chi connectivity index (χ4v) is 6.13. The van der Waals surface area contributed by atoms with Crippen LogP contribution in [0.5, 0.6) is 0 Å². The lowest BCUT2D eigenvalue weighted by atomic mass is 10.0. The summed E-state index contributed by atoms with van der Waals surface area (Å²) in [5.74, 6) is -2.44. The van der Waals surface area contributed by atoms with E-state index in [1.165, 1.54) is 24.4 Å². The number of nitrogens with two attached hydrogens (primary N) is 1. The van der Waals surface area contributed by atoms with Crippen LogP contribution in [0.4, 0.5) is 20.2 Å². The predicted molar refractivity (Wildman–Crippen MR) is 142 cm³/mol. The number of benzene rings is 2. The molecule has 1 fully saturated rings. The summed E-state index contributed by atoms with van der Waals surface area (Å²) in [6, 6.07) is 6.95. The van der Waals surface area contributed by atoms with Crippen molar-refractivity contribution >= 4 is 56.2 Å². The number of carbonyl (C=O) groups is 2. The number of carbonyl (C=O) groups excluding carboxylic acids is 2. The zero-order valence-electron chi connectivity index (χ0n) is 19.7. The first-order chi connectivity index (χ1) is 17.9. The zero-order chi connectivity index (χ0) is 27.6. The first-order valence-corrected chi connectivity index (χ1v) is 14.0. The molecule has 38 heavy (non-hydrogen) atoms. The van der Waals surface area contributed by atoms with Gasteiger partial charge >= 0.3 is 0 Å². The minimum Gasteiger partial charge on any atom is -0.398 e. The van der Waals surface area contributed by atoms with Crippen LogP contribution in [0, 0.1) is 17.6 Å². The number of sulfone groups is 1. The number of rotatable bonds is 6. The summed E-state index contributed by atoms with van der Waals surface area (Å²) in [6.07, 6.45) is 2.15. The van der Waals surface area contributed by atoms with Crippen LogP contribution in [-0.4, -0.2) is 43.3 Å². The number of anilines is 2. The highest BCUT2D eigenvalue weighted by Gasteiger charge is 2.25. The zero-order valence-corrected chi connectivity index (χ0v) is 22.1. The summed E-state index contributed by atoms with van der Waals surface area (Å²) in [4.78, 5) is 29.3. The molecule has 13 heteroatoms. The Balaban J connectivity index is 1.43. The van der Waals surface area contributed by atoms with Crippen LogP contribution in [0.25, 0.3) is 11.1 Å². The summed E-state index contributed by atoms with van der Waals surface area (Å²) in [5, 5.41) is 5.10. The maximum absolute atomic E-state index is 14.9. The van der Waals surface area contributed by atoms with Crippen molar-refractivity contribution < 1.29 is 26.8 Å². The fourth-order valence-electron chi connectivity index (χ4n) is 4.04.